The van der Waals surface area contributed by atoms with Crippen molar-refractivity contribution >= 4 is 16.3 Å². The van der Waals surface area contributed by atoms with Crippen molar-refractivity contribution in [1.82, 2.24) is 0 Å². The number of benzene rings is 2. The van der Waals surface area contributed by atoms with Crippen molar-refractivity contribution in [3.8, 4) is 11.8 Å². The molecule has 21 heavy (non-hydrogen) atoms. The van der Waals surface area contributed by atoms with E-state index in [-0.39, 0.29) is 0 Å². The summed E-state index contributed by atoms with van der Waals surface area (Å²) < 4.78 is 0. The van der Waals surface area contributed by atoms with E-state index in [4.69, 9.17) is 0 Å². The van der Waals surface area contributed by atoms with Crippen molar-refractivity contribution in [2.45, 2.75) is 46.0 Å². The van der Waals surface area contributed by atoms with Gasteiger partial charge in [0.2, 0.25) is 0 Å². The van der Waals surface area contributed by atoms with E-state index < -0.39 is 0 Å². The molecule has 0 radical (unpaired) electrons. The van der Waals surface area contributed by atoms with Crippen LogP contribution in [0.3, 0.4) is 0 Å². The van der Waals surface area contributed by atoms with E-state index >= 15 is 0 Å². The van der Waals surface area contributed by atoms with Crippen molar-refractivity contribution in [2.75, 3.05) is 0 Å². The maximum absolute atomic E-state index is 3.20. The van der Waals surface area contributed by atoms with Crippen molar-refractivity contribution in [3.63, 3.8) is 0 Å². The van der Waals surface area contributed by atoms with E-state index in [1.807, 2.05) is 0 Å². The number of unbranched alkanes of at least 4 members (excludes halogenated alkanes) is 3. The number of allylic oxidation sites excluding steroid dienone is 2. The number of fused-ring (bicyclic) bond motifs is 1. The second kappa shape index (κ2) is 8.32. The summed E-state index contributed by atoms with van der Waals surface area (Å²) in [6.45, 7) is 4.31. The van der Waals surface area contributed by atoms with Gasteiger partial charge >= 0.3 is 0 Å². The molecule has 0 N–H and O–H groups in total. The van der Waals surface area contributed by atoms with Gasteiger partial charge in [0.1, 0.15) is 0 Å². The summed E-state index contributed by atoms with van der Waals surface area (Å²) in [7, 11) is 0. The lowest BCUT2D eigenvalue weighted by atomic mass is 10.0. The van der Waals surface area contributed by atoms with Gasteiger partial charge in [0.25, 0.3) is 0 Å². The van der Waals surface area contributed by atoms with Gasteiger partial charge in [-0.25, -0.2) is 0 Å². The van der Waals surface area contributed by atoms with Crippen LogP contribution in [0, 0.1) is 11.8 Å². The summed E-state index contributed by atoms with van der Waals surface area (Å²) in [5, 5.41) is 2.63. The minimum absolute atomic E-state index is 0.973. The topological polar surface area (TPSA) is 0 Å². The quantitative estimate of drug-likeness (QED) is 0.449. The Kier molecular flexibility index (Phi) is 6.10. The smallest absolute Gasteiger partial charge is 0.00887 e. The summed E-state index contributed by atoms with van der Waals surface area (Å²) in [6, 6.07) is 15.2. The van der Waals surface area contributed by atoms with Crippen LogP contribution in [0.5, 0.6) is 0 Å². The third kappa shape index (κ3) is 4.80. The third-order valence-corrected chi connectivity index (χ3v) is 3.71. The van der Waals surface area contributed by atoms with Crippen LogP contribution in [-0.2, 0) is 0 Å². The first-order chi connectivity index (χ1) is 10.3. The van der Waals surface area contributed by atoms with Crippen LogP contribution in [0.1, 0.15) is 51.5 Å². The zero-order chi connectivity index (χ0) is 14.9. The van der Waals surface area contributed by atoms with Crippen LogP contribution in [0.2, 0.25) is 0 Å². The van der Waals surface area contributed by atoms with E-state index in [0.717, 1.165) is 19.3 Å². The zero-order valence-electron chi connectivity index (χ0n) is 13.2. The van der Waals surface area contributed by atoms with Gasteiger partial charge < -0.3 is 0 Å². The molecule has 0 saturated carbocycles. The van der Waals surface area contributed by atoms with Crippen molar-refractivity contribution in [3.05, 3.63) is 54.1 Å². The van der Waals surface area contributed by atoms with Gasteiger partial charge in [-0.2, -0.15) is 0 Å². The molecule has 0 fully saturated rings. The fourth-order valence-electron chi connectivity index (χ4n) is 2.44. The molecule has 0 aliphatic rings. The molecule has 2 aromatic carbocycles. The van der Waals surface area contributed by atoms with Crippen LogP contribution in [0.15, 0.2) is 48.5 Å². The predicted molar refractivity (Wildman–Crippen MR) is 94.1 cm³/mol. The standard InChI is InChI=1S/C21H24/c1-3-4-5-6-7-8-9-12-18(2)20-16-15-19-13-10-11-14-21(19)17-20/h10-17H,3,6-9H2,1-2H3. The van der Waals surface area contributed by atoms with Gasteiger partial charge in [-0.1, -0.05) is 49.4 Å². The van der Waals surface area contributed by atoms with Gasteiger partial charge in [0.05, 0.1) is 0 Å². The normalized spacial score (nSPS) is 11.2. The highest BCUT2D eigenvalue weighted by molar-refractivity contribution is 5.86. The Labute approximate surface area is 128 Å². The summed E-state index contributed by atoms with van der Waals surface area (Å²) in [4.78, 5) is 0. The summed E-state index contributed by atoms with van der Waals surface area (Å²) in [5.74, 6) is 6.33. The van der Waals surface area contributed by atoms with Crippen LogP contribution in [0.4, 0.5) is 0 Å². The summed E-state index contributed by atoms with van der Waals surface area (Å²) >= 11 is 0. The minimum Gasteiger partial charge on any atom is -0.104 e. The molecule has 0 heterocycles. The maximum atomic E-state index is 3.20. The molecule has 0 aliphatic heterocycles. The van der Waals surface area contributed by atoms with Crippen LogP contribution in [-0.4, -0.2) is 0 Å². The molecule has 2 aromatic rings. The Hall–Kier alpha value is -2.00. The van der Waals surface area contributed by atoms with Gasteiger partial charge in [-0.05, 0) is 54.2 Å². The molecule has 0 bridgehead atoms. The Balaban J connectivity index is 1.91. The Morgan fingerprint density at radius 1 is 1.00 bits per heavy atom. The summed E-state index contributed by atoms with van der Waals surface area (Å²) in [5.41, 5.74) is 2.71. The number of rotatable bonds is 5. The molecule has 2 rings (SSSR count). The third-order valence-electron chi connectivity index (χ3n) is 3.71. The lowest BCUT2D eigenvalue weighted by Gasteiger charge is -2.04. The highest BCUT2D eigenvalue weighted by Crippen LogP contribution is 2.21. The highest BCUT2D eigenvalue weighted by Gasteiger charge is 1.98. The molecule has 0 atom stereocenters. The van der Waals surface area contributed by atoms with Crippen molar-refractivity contribution < 1.29 is 0 Å². The van der Waals surface area contributed by atoms with E-state index in [1.54, 1.807) is 0 Å². The monoisotopic (exact) mass is 276 g/mol. The van der Waals surface area contributed by atoms with Crippen LogP contribution in [0.25, 0.3) is 16.3 Å². The summed E-state index contributed by atoms with van der Waals surface area (Å²) in [6.07, 6.45) is 7.94. The zero-order valence-corrected chi connectivity index (χ0v) is 13.2. The first-order valence-corrected chi connectivity index (χ1v) is 7.93. The molecule has 0 unspecified atom stereocenters. The number of hydrogen-bond donors (Lipinski definition) is 0. The second-order valence-electron chi connectivity index (χ2n) is 5.40. The molecule has 0 heteroatoms. The molecule has 0 nitrogen and oxygen atoms in total. The number of hydrogen-bond acceptors (Lipinski definition) is 0. The first kappa shape index (κ1) is 15.4. The van der Waals surface area contributed by atoms with Crippen molar-refractivity contribution in [2.24, 2.45) is 0 Å². The van der Waals surface area contributed by atoms with Gasteiger partial charge in [-0.3, -0.25) is 0 Å². The molecule has 0 aliphatic carbocycles. The molecule has 0 spiro atoms. The van der Waals surface area contributed by atoms with E-state index in [1.165, 1.54) is 34.8 Å². The minimum atomic E-state index is 0.973. The molecule has 0 amide bonds. The SMILES string of the molecule is CCC#CCCCCC=C(C)c1ccc2ccccc2c1. The van der Waals surface area contributed by atoms with Crippen LogP contribution < -0.4 is 0 Å². The molecule has 0 saturated heterocycles. The first-order valence-electron chi connectivity index (χ1n) is 7.93. The van der Waals surface area contributed by atoms with E-state index in [0.29, 0.717) is 0 Å². The van der Waals surface area contributed by atoms with E-state index in [9.17, 15) is 0 Å². The van der Waals surface area contributed by atoms with Crippen LogP contribution >= 0.6 is 0 Å². The molecule has 0 aromatic heterocycles. The maximum Gasteiger partial charge on any atom is 0.00887 e. The molecular formula is C21H24. The van der Waals surface area contributed by atoms with Gasteiger partial charge in [-0.15, -0.1) is 11.8 Å². The Bertz CT molecular complexity index is 665. The molecule has 108 valence electrons. The molecular weight excluding hydrogens is 252 g/mol. The van der Waals surface area contributed by atoms with Gasteiger partial charge in [0, 0.05) is 12.8 Å². The predicted octanol–water partition coefficient (Wildman–Crippen LogP) is 6.22. The average Bonchev–Trinajstić information content (AvgIpc) is 2.53. The average molecular weight is 276 g/mol. The lowest BCUT2D eigenvalue weighted by molar-refractivity contribution is 0.772. The second-order valence-corrected chi connectivity index (χ2v) is 5.40. The Morgan fingerprint density at radius 2 is 1.81 bits per heavy atom. The van der Waals surface area contributed by atoms with Crippen molar-refractivity contribution in [1.29, 1.82) is 0 Å². The highest BCUT2D eigenvalue weighted by atomic mass is 14.0. The van der Waals surface area contributed by atoms with Gasteiger partial charge in [0.15, 0.2) is 0 Å². The fourth-order valence-corrected chi connectivity index (χ4v) is 2.44. The fraction of sp³-hybridized carbons (Fsp3) is 0.333. The lowest BCUT2D eigenvalue weighted by Crippen LogP contribution is -1.82. The Morgan fingerprint density at radius 3 is 2.62 bits per heavy atom. The largest absolute Gasteiger partial charge is 0.104 e. The van der Waals surface area contributed by atoms with E-state index in [2.05, 4.69) is 74.2 Å².